The molecule has 0 fully saturated rings. The third-order valence-corrected chi connectivity index (χ3v) is 7.60. The fourth-order valence-corrected chi connectivity index (χ4v) is 5.54. The minimum Gasteiger partial charge on any atom is -0.462 e. The van der Waals surface area contributed by atoms with Crippen LogP contribution in [-0.4, -0.2) is 35.0 Å². The number of nitrogens with one attached hydrogen (secondary N) is 1. The Labute approximate surface area is 276 Å². The normalized spacial score (nSPS) is 11.5. The van der Waals surface area contributed by atoms with Crippen LogP contribution in [0.5, 0.6) is 11.5 Å². The molecule has 0 saturated carbocycles. The minimum absolute atomic E-state index is 0. The lowest BCUT2D eigenvalue weighted by Crippen LogP contribution is -2.24. The number of rotatable bonds is 11. The lowest BCUT2D eigenvalue weighted by molar-refractivity contribution is -0.138. The number of carbonyl (C=O) groups is 2. The van der Waals surface area contributed by atoms with Crippen LogP contribution in [-0.2, 0) is 35.3 Å². The van der Waals surface area contributed by atoms with E-state index >= 15 is 0 Å². The monoisotopic (exact) mass is 659 g/mol. The quantitative estimate of drug-likeness (QED) is 0.145. The topological polar surface area (TPSA) is 89.9 Å². The largest absolute Gasteiger partial charge is 0.462 e. The highest BCUT2D eigenvalue weighted by molar-refractivity contribution is 5.95. The van der Waals surface area contributed by atoms with Crippen molar-refractivity contribution in [3.63, 3.8) is 0 Å². The number of anilines is 1. The lowest BCUT2D eigenvalue weighted by atomic mass is 10.0. The van der Waals surface area contributed by atoms with Gasteiger partial charge in [0.25, 0.3) is 0 Å². The van der Waals surface area contributed by atoms with E-state index in [0.29, 0.717) is 34.8 Å². The Kier molecular flexibility index (Phi) is 10.3. The van der Waals surface area contributed by atoms with Crippen LogP contribution in [0.25, 0.3) is 10.9 Å². The summed E-state index contributed by atoms with van der Waals surface area (Å²) in [6, 6.07) is 24.8. The van der Waals surface area contributed by atoms with Gasteiger partial charge in [-0.05, 0) is 67.6 Å². The molecule has 5 aromatic rings. The highest BCUT2D eigenvalue weighted by Gasteiger charge is 2.33. The fourth-order valence-electron chi connectivity index (χ4n) is 5.54. The van der Waals surface area contributed by atoms with Crippen LogP contribution < -0.4 is 15.5 Å². The number of aromatic nitrogens is 1. The van der Waals surface area contributed by atoms with Crippen LogP contribution in [0.2, 0.25) is 0 Å². The average molecular weight is 660 g/mol. The maximum absolute atomic E-state index is 14.2. The average Bonchev–Trinajstić information content (AvgIpc) is 3.04. The third-order valence-electron chi connectivity index (χ3n) is 7.60. The third kappa shape index (κ3) is 7.92. The molecule has 1 aromatic heterocycles. The van der Waals surface area contributed by atoms with Crippen molar-refractivity contribution in [2.45, 2.75) is 39.7 Å². The molecule has 0 atom stereocenters. The van der Waals surface area contributed by atoms with Crippen molar-refractivity contribution >= 4 is 28.5 Å². The number of amides is 1. The summed E-state index contributed by atoms with van der Waals surface area (Å²) in [6.45, 7) is 3.42. The summed E-state index contributed by atoms with van der Waals surface area (Å²) < 4.78 is 55.0. The van der Waals surface area contributed by atoms with Gasteiger partial charge in [0, 0.05) is 45.4 Å². The molecule has 0 radical (unpaired) electrons. The summed E-state index contributed by atoms with van der Waals surface area (Å²) in [5.74, 6) is -0.384. The highest BCUT2D eigenvalue weighted by Crippen LogP contribution is 2.35. The zero-order valence-corrected chi connectivity index (χ0v) is 26.6. The molecule has 1 amide bonds. The van der Waals surface area contributed by atoms with Crippen LogP contribution in [0, 0.1) is 0 Å². The summed E-state index contributed by atoms with van der Waals surface area (Å²) in [7, 11) is 1.87. The standard InChI is InChI=1S/C37H34F3N3O5.H2/c1-4-47-36(46)30-23-43(21-26-12-8-9-13-31(26)37(38,39)40)32-18-19-33(48-28-16-14-27(15-17-28)41-24(2)44)29(34(32)35(30)45)22-42(3)20-25-10-6-5-7-11-25;/h5-19,23H,4,20-22H2,1-3H3,(H,41,44);1H. The zero-order chi connectivity index (χ0) is 34.4. The van der Waals surface area contributed by atoms with Crippen molar-refractivity contribution < 1.29 is 33.7 Å². The number of benzene rings is 4. The smallest absolute Gasteiger partial charge is 0.416 e. The molecule has 1 N–H and O–H groups in total. The predicted molar refractivity (Wildman–Crippen MR) is 179 cm³/mol. The molecule has 250 valence electrons. The molecule has 8 nitrogen and oxygen atoms in total. The summed E-state index contributed by atoms with van der Waals surface area (Å²) in [6.07, 6.45) is -3.36. The predicted octanol–water partition coefficient (Wildman–Crippen LogP) is 7.87. The molecule has 0 spiro atoms. The van der Waals surface area contributed by atoms with Crippen LogP contribution in [0.4, 0.5) is 18.9 Å². The molecule has 11 heteroatoms. The van der Waals surface area contributed by atoms with Crippen molar-refractivity contribution in [2.24, 2.45) is 0 Å². The summed E-state index contributed by atoms with van der Waals surface area (Å²) >= 11 is 0. The first-order valence-corrected chi connectivity index (χ1v) is 15.2. The first kappa shape index (κ1) is 33.9. The van der Waals surface area contributed by atoms with Gasteiger partial charge in [-0.25, -0.2) is 4.79 Å². The number of nitrogens with zero attached hydrogens (tertiary/aromatic N) is 2. The van der Waals surface area contributed by atoms with E-state index in [0.717, 1.165) is 11.6 Å². The molecule has 1 heterocycles. The second kappa shape index (κ2) is 14.6. The van der Waals surface area contributed by atoms with Crippen molar-refractivity contribution in [1.82, 2.24) is 9.47 Å². The number of ether oxygens (including phenoxy) is 2. The van der Waals surface area contributed by atoms with Crippen molar-refractivity contribution in [3.05, 3.63) is 135 Å². The molecule has 0 aliphatic carbocycles. The van der Waals surface area contributed by atoms with E-state index in [4.69, 9.17) is 9.47 Å². The van der Waals surface area contributed by atoms with Crippen molar-refractivity contribution in [1.29, 1.82) is 0 Å². The van der Waals surface area contributed by atoms with Crippen molar-refractivity contribution in [2.75, 3.05) is 19.0 Å². The van der Waals surface area contributed by atoms with E-state index in [-0.39, 0.29) is 43.5 Å². The summed E-state index contributed by atoms with van der Waals surface area (Å²) in [4.78, 5) is 40.7. The molecule has 0 aliphatic rings. The fraction of sp³-hybridized carbons (Fsp3) is 0.216. The summed E-state index contributed by atoms with van der Waals surface area (Å²) in [5, 5.41) is 2.82. The Hall–Kier alpha value is -5.42. The van der Waals surface area contributed by atoms with E-state index < -0.39 is 23.1 Å². The number of esters is 1. The Morgan fingerprint density at radius 2 is 1.60 bits per heavy atom. The number of carbonyl (C=O) groups excluding carboxylic acids is 2. The van der Waals surface area contributed by atoms with Crippen LogP contribution >= 0.6 is 0 Å². The Morgan fingerprint density at radius 1 is 0.917 bits per heavy atom. The van der Waals surface area contributed by atoms with Gasteiger partial charge in [0.15, 0.2) is 0 Å². The molecule has 0 bridgehead atoms. The van der Waals surface area contributed by atoms with E-state index in [1.165, 1.54) is 35.9 Å². The van der Waals surface area contributed by atoms with Crippen LogP contribution in [0.1, 0.15) is 47.9 Å². The number of fused-ring (bicyclic) bond motifs is 1. The number of pyridine rings is 1. The van der Waals surface area contributed by atoms with E-state index in [2.05, 4.69) is 5.32 Å². The maximum atomic E-state index is 14.2. The Morgan fingerprint density at radius 3 is 2.27 bits per heavy atom. The van der Waals surface area contributed by atoms with Crippen LogP contribution in [0.15, 0.2) is 102 Å². The molecular formula is C37H36F3N3O5. The molecule has 0 aliphatic heterocycles. The first-order chi connectivity index (χ1) is 22.9. The summed E-state index contributed by atoms with van der Waals surface area (Å²) in [5.41, 5.74) is 0.553. The first-order valence-electron chi connectivity index (χ1n) is 15.2. The van der Waals surface area contributed by atoms with Gasteiger partial charge in [0.05, 0.1) is 23.1 Å². The van der Waals surface area contributed by atoms with Gasteiger partial charge in [-0.3, -0.25) is 14.5 Å². The maximum Gasteiger partial charge on any atom is 0.416 e. The SMILES string of the molecule is CCOC(=O)c1cn(Cc2ccccc2C(F)(F)F)c2ccc(Oc3ccc(NC(C)=O)cc3)c(CN(C)Cc3ccccc3)c2c1=O.[HH]. The molecule has 0 unspecified atom stereocenters. The van der Waals surface area contributed by atoms with Gasteiger partial charge in [-0.15, -0.1) is 0 Å². The zero-order valence-electron chi connectivity index (χ0n) is 26.6. The Bertz CT molecular complexity index is 2000. The Balaban J connectivity index is 0.00000541. The van der Waals surface area contributed by atoms with Gasteiger partial charge >= 0.3 is 12.1 Å². The van der Waals surface area contributed by atoms with Gasteiger partial charge in [-0.2, -0.15) is 13.2 Å². The number of alkyl halides is 3. The van der Waals surface area contributed by atoms with Gasteiger partial charge in [0.2, 0.25) is 11.3 Å². The molecular weight excluding hydrogens is 623 g/mol. The molecule has 0 saturated heterocycles. The minimum atomic E-state index is -4.61. The van der Waals surface area contributed by atoms with E-state index in [1.54, 1.807) is 43.3 Å². The van der Waals surface area contributed by atoms with Gasteiger partial charge < -0.3 is 19.4 Å². The number of hydrogen-bond acceptors (Lipinski definition) is 6. The second-order valence-electron chi connectivity index (χ2n) is 11.3. The lowest BCUT2D eigenvalue weighted by Gasteiger charge is -2.23. The molecule has 5 rings (SSSR count). The highest BCUT2D eigenvalue weighted by atomic mass is 19.4. The molecule has 4 aromatic carbocycles. The van der Waals surface area contributed by atoms with Crippen molar-refractivity contribution in [3.8, 4) is 11.5 Å². The number of halogens is 3. The van der Waals surface area contributed by atoms with Gasteiger partial charge in [-0.1, -0.05) is 48.5 Å². The van der Waals surface area contributed by atoms with E-state index in [9.17, 15) is 27.6 Å². The van der Waals surface area contributed by atoms with E-state index in [1.807, 2.05) is 42.3 Å². The van der Waals surface area contributed by atoms with Gasteiger partial charge in [0.1, 0.15) is 17.1 Å². The molecule has 48 heavy (non-hydrogen) atoms. The van der Waals surface area contributed by atoms with Crippen LogP contribution in [0.3, 0.4) is 0 Å². The number of hydrogen-bond donors (Lipinski definition) is 1. The second-order valence-corrected chi connectivity index (χ2v) is 11.3.